The summed E-state index contributed by atoms with van der Waals surface area (Å²) in [7, 11) is 1.00. The van der Waals surface area contributed by atoms with Gasteiger partial charge in [0.15, 0.2) is 0 Å². The Balaban J connectivity index is -0.0000000339. The standard InChI is InChI=1S/C3H8O.C2H4O2.CH4O.H3N/c1-3(2)4;1-2(3)4;1-2;/h3-4H,1-2H3;1H3,(H,3,4);2H,1H3;1H3. The van der Waals surface area contributed by atoms with Gasteiger partial charge in [-0.1, -0.05) is 0 Å². The molecule has 0 spiro atoms. The Morgan fingerprint density at radius 3 is 1.27 bits per heavy atom. The molecule has 6 N–H and O–H groups in total. The second-order valence-electron chi connectivity index (χ2n) is 1.61. The summed E-state index contributed by atoms with van der Waals surface area (Å²) < 4.78 is 0. The molecule has 0 heterocycles. The Hall–Kier alpha value is -0.650. The van der Waals surface area contributed by atoms with Gasteiger partial charge >= 0.3 is 0 Å². The zero-order valence-electron chi connectivity index (χ0n) is 7.53. The largest absolute Gasteiger partial charge is 0.481 e. The summed E-state index contributed by atoms with van der Waals surface area (Å²) in [6, 6.07) is 0. The molecule has 0 aliphatic heterocycles. The van der Waals surface area contributed by atoms with E-state index in [0.29, 0.717) is 0 Å². The minimum atomic E-state index is -0.833. The van der Waals surface area contributed by atoms with Crippen molar-refractivity contribution in [2.45, 2.75) is 26.9 Å². The van der Waals surface area contributed by atoms with Crippen LogP contribution < -0.4 is 6.15 Å². The van der Waals surface area contributed by atoms with Crippen LogP contribution in [0.1, 0.15) is 20.8 Å². The highest BCUT2D eigenvalue weighted by Crippen LogP contribution is 1.65. The Kier molecular flexibility index (Phi) is 46.5. The predicted octanol–water partition coefficient (Wildman–Crippen LogP) is 0.248. The molecule has 0 aromatic rings. The van der Waals surface area contributed by atoms with Crippen molar-refractivity contribution in [2.75, 3.05) is 7.11 Å². The number of rotatable bonds is 0. The molecule has 0 atom stereocenters. The molecule has 0 rings (SSSR count). The lowest BCUT2D eigenvalue weighted by atomic mass is 10.5. The van der Waals surface area contributed by atoms with E-state index in [1.165, 1.54) is 0 Å². The lowest BCUT2D eigenvalue weighted by Gasteiger charge is -1.80. The monoisotopic (exact) mass is 169 g/mol. The van der Waals surface area contributed by atoms with Crippen molar-refractivity contribution in [1.29, 1.82) is 0 Å². The normalized spacial score (nSPS) is 6.09. The summed E-state index contributed by atoms with van der Waals surface area (Å²) in [5, 5.41) is 22.5. The van der Waals surface area contributed by atoms with E-state index in [1.54, 1.807) is 13.8 Å². The minimum absolute atomic E-state index is 0. The van der Waals surface area contributed by atoms with Crippen LogP contribution in [0, 0.1) is 0 Å². The molecule has 0 radical (unpaired) electrons. The van der Waals surface area contributed by atoms with Crippen molar-refractivity contribution in [3.8, 4) is 0 Å². The van der Waals surface area contributed by atoms with Crippen LogP contribution in [0.2, 0.25) is 0 Å². The average molecular weight is 169 g/mol. The molecular weight excluding hydrogens is 150 g/mol. The highest BCUT2D eigenvalue weighted by molar-refractivity contribution is 5.62. The van der Waals surface area contributed by atoms with E-state index < -0.39 is 5.97 Å². The number of aliphatic hydroxyl groups excluding tert-OH is 2. The maximum absolute atomic E-state index is 9.00. The van der Waals surface area contributed by atoms with Crippen LogP contribution in [0.4, 0.5) is 0 Å². The van der Waals surface area contributed by atoms with E-state index in [1.807, 2.05) is 0 Å². The third-order valence-electron chi connectivity index (χ3n) is 0. The van der Waals surface area contributed by atoms with Crippen LogP contribution in [0.25, 0.3) is 0 Å². The maximum atomic E-state index is 9.00. The Labute approximate surface area is 67.3 Å². The van der Waals surface area contributed by atoms with Gasteiger partial charge < -0.3 is 21.5 Å². The molecular formula is C6H19NO4. The van der Waals surface area contributed by atoms with Gasteiger partial charge in [-0.05, 0) is 13.8 Å². The molecule has 0 amide bonds. The van der Waals surface area contributed by atoms with Gasteiger partial charge in [-0.15, -0.1) is 0 Å². The molecule has 0 bridgehead atoms. The topological polar surface area (TPSA) is 113 Å². The van der Waals surface area contributed by atoms with E-state index in [0.717, 1.165) is 14.0 Å². The van der Waals surface area contributed by atoms with Crippen LogP contribution in [-0.2, 0) is 4.79 Å². The van der Waals surface area contributed by atoms with Gasteiger partial charge in [0.1, 0.15) is 0 Å². The Bertz CT molecular complexity index is 58.8. The third kappa shape index (κ3) is 1200. The van der Waals surface area contributed by atoms with Gasteiger partial charge in [0, 0.05) is 20.1 Å². The summed E-state index contributed by atoms with van der Waals surface area (Å²) in [6.45, 7) is 4.53. The van der Waals surface area contributed by atoms with Crippen LogP contribution in [-0.4, -0.2) is 34.5 Å². The summed E-state index contributed by atoms with van der Waals surface area (Å²) in [5.41, 5.74) is 0. The van der Waals surface area contributed by atoms with Crippen molar-refractivity contribution in [3.63, 3.8) is 0 Å². The minimum Gasteiger partial charge on any atom is -0.481 e. The zero-order valence-corrected chi connectivity index (χ0v) is 7.53. The first-order chi connectivity index (χ1) is 4.46. The first-order valence-corrected chi connectivity index (χ1v) is 2.79. The fourth-order valence-electron chi connectivity index (χ4n) is 0. The zero-order chi connectivity index (χ0) is 9.15. The number of carboxylic acid groups (broad SMARTS) is 1. The second-order valence-corrected chi connectivity index (χ2v) is 1.61. The number of carbonyl (C=O) groups is 1. The van der Waals surface area contributed by atoms with Gasteiger partial charge in [0.05, 0.1) is 0 Å². The summed E-state index contributed by atoms with van der Waals surface area (Å²) in [4.78, 5) is 9.00. The van der Waals surface area contributed by atoms with Crippen molar-refractivity contribution < 1.29 is 20.1 Å². The number of aliphatic carboxylic acids is 1. The quantitative estimate of drug-likeness (QED) is 0.415. The molecule has 0 saturated carbocycles. The molecule has 5 nitrogen and oxygen atoms in total. The Morgan fingerprint density at radius 1 is 1.27 bits per heavy atom. The maximum Gasteiger partial charge on any atom is 0.300 e. The van der Waals surface area contributed by atoms with Crippen LogP contribution >= 0.6 is 0 Å². The molecule has 11 heavy (non-hydrogen) atoms. The van der Waals surface area contributed by atoms with E-state index in [4.69, 9.17) is 20.1 Å². The molecule has 0 aromatic carbocycles. The highest BCUT2D eigenvalue weighted by Gasteiger charge is 1.69. The van der Waals surface area contributed by atoms with Crippen LogP contribution in [0.5, 0.6) is 0 Å². The van der Waals surface area contributed by atoms with E-state index in [-0.39, 0.29) is 12.3 Å². The average Bonchev–Trinajstić information content (AvgIpc) is 1.66. The molecule has 72 valence electrons. The summed E-state index contributed by atoms with van der Waals surface area (Å²) in [5.74, 6) is -0.833. The number of aliphatic hydroxyl groups is 2. The number of hydrogen-bond donors (Lipinski definition) is 4. The lowest BCUT2D eigenvalue weighted by Crippen LogP contribution is -1.85. The first-order valence-electron chi connectivity index (χ1n) is 2.79. The molecule has 0 aromatic heterocycles. The SMILES string of the molecule is CC(=O)O.CC(C)O.CO.N. The smallest absolute Gasteiger partial charge is 0.300 e. The number of carboxylic acids is 1. The van der Waals surface area contributed by atoms with E-state index in [2.05, 4.69) is 0 Å². The van der Waals surface area contributed by atoms with Gasteiger partial charge in [-0.3, -0.25) is 4.79 Å². The van der Waals surface area contributed by atoms with Crippen LogP contribution in [0.15, 0.2) is 0 Å². The fourth-order valence-corrected chi connectivity index (χ4v) is 0. The predicted molar refractivity (Wildman–Crippen MR) is 43.8 cm³/mol. The fraction of sp³-hybridized carbons (Fsp3) is 0.833. The lowest BCUT2D eigenvalue weighted by molar-refractivity contribution is -0.134. The second kappa shape index (κ2) is 22.8. The van der Waals surface area contributed by atoms with E-state index in [9.17, 15) is 0 Å². The number of hydrogen-bond acceptors (Lipinski definition) is 4. The summed E-state index contributed by atoms with van der Waals surface area (Å²) >= 11 is 0. The van der Waals surface area contributed by atoms with Crippen molar-refractivity contribution in [2.24, 2.45) is 0 Å². The molecule has 0 aliphatic rings. The van der Waals surface area contributed by atoms with Crippen molar-refractivity contribution in [3.05, 3.63) is 0 Å². The first kappa shape index (κ1) is 22.4. The third-order valence-corrected chi connectivity index (χ3v) is 0. The van der Waals surface area contributed by atoms with Gasteiger partial charge in [-0.2, -0.15) is 0 Å². The van der Waals surface area contributed by atoms with Crippen molar-refractivity contribution in [1.82, 2.24) is 6.15 Å². The molecule has 5 heteroatoms. The van der Waals surface area contributed by atoms with Gasteiger partial charge in [0.25, 0.3) is 5.97 Å². The van der Waals surface area contributed by atoms with Crippen molar-refractivity contribution >= 4 is 5.97 Å². The summed E-state index contributed by atoms with van der Waals surface area (Å²) in [6.07, 6.45) is -0.167. The van der Waals surface area contributed by atoms with E-state index >= 15 is 0 Å². The molecule has 0 saturated heterocycles. The molecule has 0 fully saturated rings. The molecule has 0 unspecified atom stereocenters. The van der Waals surface area contributed by atoms with Crippen LogP contribution in [0.3, 0.4) is 0 Å². The Morgan fingerprint density at radius 2 is 1.27 bits per heavy atom. The highest BCUT2D eigenvalue weighted by atomic mass is 16.4. The van der Waals surface area contributed by atoms with Gasteiger partial charge in [0.2, 0.25) is 0 Å². The van der Waals surface area contributed by atoms with Gasteiger partial charge in [-0.25, -0.2) is 0 Å². The molecule has 0 aliphatic carbocycles.